The molecule has 1 N–H and O–H groups in total. The summed E-state index contributed by atoms with van der Waals surface area (Å²) in [6.07, 6.45) is 1.81. The van der Waals surface area contributed by atoms with Crippen LogP contribution < -0.4 is 14.2 Å². The average molecular weight is 525 g/mol. The van der Waals surface area contributed by atoms with Gasteiger partial charge in [-0.3, -0.25) is 4.72 Å². The topological polar surface area (TPSA) is 69.6 Å². The molecule has 192 valence electrons. The minimum absolute atomic E-state index is 0.133. The van der Waals surface area contributed by atoms with Gasteiger partial charge in [-0.15, -0.1) is 0 Å². The van der Waals surface area contributed by atoms with E-state index in [1.54, 1.807) is 37.4 Å². The maximum absolute atomic E-state index is 13.1. The summed E-state index contributed by atoms with van der Waals surface area (Å²) in [7, 11) is -0.0485. The predicted octanol–water partition coefficient (Wildman–Crippen LogP) is 6.56. The molecule has 2 heterocycles. The van der Waals surface area contributed by atoms with Gasteiger partial charge in [-0.05, 0) is 61.0 Å². The fraction of sp³-hybridized carbons (Fsp3) is 0.161. The number of sulfonamides is 1. The summed E-state index contributed by atoms with van der Waals surface area (Å²) in [6.45, 7) is 1.93. The maximum atomic E-state index is 13.1. The van der Waals surface area contributed by atoms with E-state index in [-0.39, 0.29) is 16.9 Å². The van der Waals surface area contributed by atoms with Crippen LogP contribution in [0.2, 0.25) is 0 Å². The molecule has 2 atom stereocenters. The van der Waals surface area contributed by atoms with E-state index in [1.165, 1.54) is 0 Å². The normalized spacial score (nSPS) is 16.7. The molecule has 0 fully saturated rings. The second kappa shape index (κ2) is 9.26. The van der Waals surface area contributed by atoms with Crippen molar-refractivity contribution in [3.05, 3.63) is 119 Å². The number of aryl methyl sites for hydroxylation is 2. The van der Waals surface area contributed by atoms with Crippen molar-refractivity contribution in [3.8, 4) is 11.5 Å². The van der Waals surface area contributed by atoms with Gasteiger partial charge >= 0.3 is 0 Å². The predicted molar refractivity (Wildman–Crippen MR) is 150 cm³/mol. The first-order valence-electron chi connectivity index (χ1n) is 12.4. The molecule has 1 aliphatic heterocycles. The molecule has 6 rings (SSSR count). The van der Waals surface area contributed by atoms with Crippen LogP contribution in [0.3, 0.4) is 0 Å². The highest BCUT2D eigenvalue weighted by Crippen LogP contribution is 2.51. The van der Waals surface area contributed by atoms with Gasteiger partial charge in [0.25, 0.3) is 10.0 Å². The van der Waals surface area contributed by atoms with E-state index in [4.69, 9.17) is 9.47 Å². The summed E-state index contributed by atoms with van der Waals surface area (Å²) < 4.78 is 43.2. The van der Waals surface area contributed by atoms with Gasteiger partial charge in [0.05, 0.1) is 17.9 Å². The first-order chi connectivity index (χ1) is 18.3. The molecule has 38 heavy (non-hydrogen) atoms. The smallest absolute Gasteiger partial charge is 0.261 e. The number of benzene rings is 4. The largest absolute Gasteiger partial charge is 0.497 e. The van der Waals surface area contributed by atoms with Crippen molar-refractivity contribution < 1.29 is 17.9 Å². The molecule has 4 aromatic carbocycles. The van der Waals surface area contributed by atoms with Gasteiger partial charge in [0.2, 0.25) is 0 Å². The molecule has 1 aliphatic rings. The van der Waals surface area contributed by atoms with Gasteiger partial charge in [0.15, 0.2) is 0 Å². The molecule has 5 aromatic rings. The second-order valence-electron chi connectivity index (χ2n) is 9.68. The number of hydrogen-bond donors (Lipinski definition) is 1. The Bertz CT molecular complexity index is 1740. The van der Waals surface area contributed by atoms with E-state index in [1.807, 2.05) is 56.4 Å². The van der Waals surface area contributed by atoms with Crippen molar-refractivity contribution in [1.82, 2.24) is 4.57 Å². The van der Waals surface area contributed by atoms with E-state index in [9.17, 15) is 8.42 Å². The minimum atomic E-state index is -3.74. The minimum Gasteiger partial charge on any atom is -0.497 e. The van der Waals surface area contributed by atoms with Crippen molar-refractivity contribution in [1.29, 1.82) is 0 Å². The lowest BCUT2D eigenvalue weighted by Crippen LogP contribution is -2.13. The molecule has 0 saturated heterocycles. The third-order valence-corrected chi connectivity index (χ3v) is 8.57. The lowest BCUT2D eigenvalue weighted by molar-refractivity contribution is 0.224. The Kier molecular flexibility index (Phi) is 5.88. The number of hydrogen-bond acceptors (Lipinski definition) is 4. The Balaban J connectivity index is 1.44. The van der Waals surface area contributed by atoms with Crippen LogP contribution >= 0.6 is 0 Å². The van der Waals surface area contributed by atoms with Crippen molar-refractivity contribution >= 4 is 26.6 Å². The lowest BCUT2D eigenvalue weighted by atomic mass is 9.85. The van der Waals surface area contributed by atoms with Crippen molar-refractivity contribution in [2.24, 2.45) is 7.05 Å². The summed E-state index contributed by atoms with van der Waals surface area (Å²) in [4.78, 5) is 0.224. The van der Waals surface area contributed by atoms with Crippen molar-refractivity contribution in [3.63, 3.8) is 0 Å². The fourth-order valence-corrected chi connectivity index (χ4v) is 6.32. The highest BCUT2D eigenvalue weighted by Gasteiger charge is 2.38. The standard InChI is InChI=1S/C31H28N2O4S/c1-20-9-13-24(14-10-20)38(34,35)32-22-11-16-29-26(17-22)30(21-7-5-4-6-8-21)31(37-29)27-19-33(2)28-15-12-23(36-3)18-25(27)28/h4-19,30-32H,1-3H3/t30-,31+/m0/s1. The molecule has 0 aliphatic carbocycles. The van der Waals surface area contributed by atoms with E-state index in [0.29, 0.717) is 5.69 Å². The van der Waals surface area contributed by atoms with Gasteiger partial charge in [-0.2, -0.15) is 0 Å². The maximum Gasteiger partial charge on any atom is 0.261 e. The van der Waals surface area contributed by atoms with E-state index in [2.05, 4.69) is 33.7 Å². The number of rotatable bonds is 6. The summed E-state index contributed by atoms with van der Waals surface area (Å²) in [5.41, 5.74) is 5.65. The van der Waals surface area contributed by atoms with E-state index in [0.717, 1.165) is 44.7 Å². The van der Waals surface area contributed by atoms with Gasteiger partial charge < -0.3 is 14.0 Å². The molecule has 7 heteroatoms. The van der Waals surface area contributed by atoms with Crippen molar-refractivity contribution in [2.45, 2.75) is 23.8 Å². The molecule has 1 aromatic heterocycles. The zero-order valence-electron chi connectivity index (χ0n) is 21.4. The summed E-state index contributed by atoms with van der Waals surface area (Å²) in [5, 5.41) is 1.06. The monoisotopic (exact) mass is 524 g/mol. The molecule has 0 saturated carbocycles. The quantitative estimate of drug-likeness (QED) is 0.273. The van der Waals surface area contributed by atoms with Gasteiger partial charge in [0, 0.05) is 41.0 Å². The van der Waals surface area contributed by atoms with Crippen LogP contribution in [0.15, 0.2) is 102 Å². The molecule has 0 radical (unpaired) electrons. The van der Waals surface area contributed by atoms with Gasteiger partial charge in [-0.25, -0.2) is 8.42 Å². The average Bonchev–Trinajstić information content (AvgIpc) is 3.46. The number of aromatic nitrogens is 1. The SMILES string of the molecule is COc1ccc2c(c1)c([C@H]1Oc3ccc(NS(=O)(=O)c4ccc(C)cc4)cc3[C@@H]1c1ccccc1)cn2C. The Labute approximate surface area is 222 Å². The van der Waals surface area contributed by atoms with Crippen LogP contribution in [0.25, 0.3) is 10.9 Å². The molecule has 0 unspecified atom stereocenters. The lowest BCUT2D eigenvalue weighted by Gasteiger charge is -2.20. The number of nitrogens with one attached hydrogen (secondary N) is 1. The van der Waals surface area contributed by atoms with Crippen LogP contribution in [0, 0.1) is 6.92 Å². The molecule has 0 spiro atoms. The van der Waals surface area contributed by atoms with E-state index >= 15 is 0 Å². The number of nitrogens with zero attached hydrogens (tertiary/aromatic N) is 1. The van der Waals surface area contributed by atoms with Crippen molar-refractivity contribution in [2.75, 3.05) is 11.8 Å². The highest BCUT2D eigenvalue weighted by molar-refractivity contribution is 7.92. The van der Waals surface area contributed by atoms with Crippen LogP contribution in [0.5, 0.6) is 11.5 Å². The number of fused-ring (bicyclic) bond motifs is 2. The third-order valence-electron chi connectivity index (χ3n) is 7.18. The summed E-state index contributed by atoms with van der Waals surface area (Å²) >= 11 is 0. The van der Waals surface area contributed by atoms with Crippen LogP contribution in [0.1, 0.15) is 34.3 Å². The third kappa shape index (κ3) is 4.19. The molecule has 6 nitrogen and oxygen atoms in total. The Morgan fingerprint density at radius 1 is 0.895 bits per heavy atom. The Morgan fingerprint density at radius 2 is 1.66 bits per heavy atom. The number of ether oxygens (including phenoxy) is 2. The second-order valence-corrected chi connectivity index (χ2v) is 11.4. The van der Waals surface area contributed by atoms with Gasteiger partial charge in [-0.1, -0.05) is 48.0 Å². The molecule has 0 amide bonds. The summed E-state index contributed by atoms with van der Waals surface area (Å²) in [6, 6.07) is 28.6. The first kappa shape index (κ1) is 24.1. The Hall–Kier alpha value is -4.23. The zero-order valence-corrected chi connectivity index (χ0v) is 22.2. The van der Waals surface area contributed by atoms with Crippen LogP contribution in [-0.4, -0.2) is 20.1 Å². The van der Waals surface area contributed by atoms with Crippen LogP contribution in [-0.2, 0) is 17.1 Å². The van der Waals surface area contributed by atoms with E-state index < -0.39 is 10.0 Å². The molecular formula is C31H28N2O4S. The first-order valence-corrected chi connectivity index (χ1v) is 13.9. The molecular weight excluding hydrogens is 496 g/mol. The molecule has 0 bridgehead atoms. The zero-order chi connectivity index (χ0) is 26.4. The number of methoxy groups -OCH3 is 1. The van der Waals surface area contributed by atoms with Gasteiger partial charge in [0.1, 0.15) is 17.6 Å². The van der Waals surface area contributed by atoms with Crippen LogP contribution in [0.4, 0.5) is 5.69 Å². The highest BCUT2D eigenvalue weighted by atomic mass is 32.2. The fourth-order valence-electron chi connectivity index (χ4n) is 5.27. The Morgan fingerprint density at radius 3 is 2.39 bits per heavy atom. The number of anilines is 1. The summed E-state index contributed by atoms with van der Waals surface area (Å²) in [5.74, 6) is 1.39.